The zero-order valence-corrected chi connectivity index (χ0v) is 15.8. The average Bonchev–Trinajstić information content (AvgIpc) is 2.67. The largest absolute Gasteiger partial charge is 0.497 e. The number of carbonyl (C=O) groups is 1. The van der Waals surface area contributed by atoms with Crippen LogP contribution in [0.5, 0.6) is 5.75 Å². The van der Waals surface area contributed by atoms with Crippen LogP contribution in [0.1, 0.15) is 5.69 Å². The maximum absolute atomic E-state index is 12.5. The Morgan fingerprint density at radius 1 is 1.15 bits per heavy atom. The van der Waals surface area contributed by atoms with Crippen LogP contribution >= 0.6 is 11.8 Å². The number of hydrogen-bond donors (Lipinski definition) is 1. The maximum Gasteiger partial charge on any atom is 0.258 e. The summed E-state index contributed by atoms with van der Waals surface area (Å²) in [6, 6.07) is 17.9. The van der Waals surface area contributed by atoms with Crippen LogP contribution in [-0.2, 0) is 4.79 Å². The van der Waals surface area contributed by atoms with Gasteiger partial charge in [0.25, 0.3) is 5.56 Å². The standard InChI is InChI=1S/C20H19N3O3S/c1-14-11-19(25)23(16-8-4-3-5-9-16)20(21-14)27-13-18(24)22-15-7-6-10-17(12-15)26-2/h3-12H,13H2,1-2H3,(H,22,24). The van der Waals surface area contributed by atoms with E-state index in [2.05, 4.69) is 10.3 Å². The minimum Gasteiger partial charge on any atom is -0.497 e. The summed E-state index contributed by atoms with van der Waals surface area (Å²) >= 11 is 1.22. The van der Waals surface area contributed by atoms with Crippen LogP contribution in [0.3, 0.4) is 0 Å². The van der Waals surface area contributed by atoms with Gasteiger partial charge in [-0.3, -0.25) is 14.2 Å². The number of benzene rings is 2. The number of nitrogens with zero attached hydrogens (tertiary/aromatic N) is 2. The Morgan fingerprint density at radius 2 is 1.93 bits per heavy atom. The highest BCUT2D eigenvalue weighted by Crippen LogP contribution is 2.20. The number of aromatic nitrogens is 2. The molecule has 6 nitrogen and oxygen atoms in total. The van der Waals surface area contributed by atoms with Crippen molar-refractivity contribution in [3.8, 4) is 11.4 Å². The van der Waals surface area contributed by atoms with Gasteiger partial charge < -0.3 is 10.1 Å². The van der Waals surface area contributed by atoms with Crippen molar-refractivity contribution < 1.29 is 9.53 Å². The number of amides is 1. The zero-order chi connectivity index (χ0) is 19.2. The predicted molar refractivity (Wildman–Crippen MR) is 107 cm³/mol. The number of anilines is 1. The molecule has 1 amide bonds. The molecule has 0 bridgehead atoms. The number of methoxy groups -OCH3 is 1. The lowest BCUT2D eigenvalue weighted by Crippen LogP contribution is -2.22. The monoisotopic (exact) mass is 381 g/mol. The number of hydrogen-bond acceptors (Lipinski definition) is 5. The van der Waals surface area contributed by atoms with Gasteiger partial charge in [-0.15, -0.1) is 0 Å². The van der Waals surface area contributed by atoms with Crippen LogP contribution in [0.15, 0.2) is 70.6 Å². The van der Waals surface area contributed by atoms with Crippen molar-refractivity contribution in [3.63, 3.8) is 0 Å². The molecule has 0 aliphatic carbocycles. The third kappa shape index (κ3) is 4.77. The van der Waals surface area contributed by atoms with E-state index in [4.69, 9.17) is 4.74 Å². The number of ether oxygens (including phenoxy) is 1. The molecule has 2 aromatic carbocycles. The summed E-state index contributed by atoms with van der Waals surface area (Å²) in [7, 11) is 1.57. The van der Waals surface area contributed by atoms with Crippen LogP contribution in [-0.4, -0.2) is 28.3 Å². The maximum atomic E-state index is 12.5. The van der Waals surface area contributed by atoms with E-state index in [0.29, 0.717) is 28.0 Å². The molecule has 0 aliphatic rings. The average molecular weight is 381 g/mol. The molecule has 7 heteroatoms. The Morgan fingerprint density at radius 3 is 2.67 bits per heavy atom. The van der Waals surface area contributed by atoms with Gasteiger partial charge in [-0.1, -0.05) is 36.0 Å². The van der Waals surface area contributed by atoms with Gasteiger partial charge in [0, 0.05) is 23.5 Å². The number of para-hydroxylation sites is 1. The van der Waals surface area contributed by atoms with Gasteiger partial charge in [0.15, 0.2) is 5.16 Å². The van der Waals surface area contributed by atoms with Gasteiger partial charge in [0.1, 0.15) is 5.75 Å². The molecule has 0 saturated heterocycles. The van der Waals surface area contributed by atoms with E-state index in [1.165, 1.54) is 22.4 Å². The van der Waals surface area contributed by atoms with E-state index in [1.807, 2.05) is 30.3 Å². The molecular weight excluding hydrogens is 362 g/mol. The summed E-state index contributed by atoms with van der Waals surface area (Å²) in [4.78, 5) is 29.2. The van der Waals surface area contributed by atoms with E-state index >= 15 is 0 Å². The van der Waals surface area contributed by atoms with Gasteiger partial charge >= 0.3 is 0 Å². The smallest absolute Gasteiger partial charge is 0.258 e. The SMILES string of the molecule is COc1cccc(NC(=O)CSc2nc(C)cc(=O)n2-c2ccccc2)c1. The third-order valence-corrected chi connectivity index (χ3v) is 4.65. The molecule has 0 atom stereocenters. The normalized spacial score (nSPS) is 10.4. The van der Waals surface area contributed by atoms with Crippen molar-refractivity contribution in [1.29, 1.82) is 0 Å². The third-order valence-electron chi connectivity index (χ3n) is 3.72. The number of nitrogens with one attached hydrogen (secondary N) is 1. The summed E-state index contributed by atoms with van der Waals surface area (Å²) in [5.74, 6) is 0.599. The van der Waals surface area contributed by atoms with Crippen LogP contribution in [0.2, 0.25) is 0 Å². The van der Waals surface area contributed by atoms with Gasteiger partial charge in [-0.25, -0.2) is 4.98 Å². The quantitative estimate of drug-likeness (QED) is 0.524. The molecule has 1 heterocycles. The highest BCUT2D eigenvalue weighted by atomic mass is 32.2. The summed E-state index contributed by atoms with van der Waals surface area (Å²) in [6.45, 7) is 1.76. The molecule has 1 aromatic heterocycles. The van der Waals surface area contributed by atoms with Crippen molar-refractivity contribution in [3.05, 3.63) is 76.7 Å². The molecule has 1 N–H and O–H groups in total. The molecule has 0 aliphatic heterocycles. The Labute approximate surface area is 161 Å². The minimum atomic E-state index is -0.191. The molecule has 27 heavy (non-hydrogen) atoms. The summed E-state index contributed by atoms with van der Waals surface area (Å²) in [5.41, 5.74) is 1.80. The molecule has 0 fully saturated rings. The van der Waals surface area contributed by atoms with E-state index in [1.54, 1.807) is 38.3 Å². The molecular formula is C20H19N3O3S. The second kappa shape index (κ2) is 8.55. The van der Waals surface area contributed by atoms with Crippen molar-refractivity contribution in [2.45, 2.75) is 12.1 Å². The highest BCUT2D eigenvalue weighted by molar-refractivity contribution is 7.99. The van der Waals surface area contributed by atoms with Crippen LogP contribution in [0.4, 0.5) is 5.69 Å². The zero-order valence-electron chi connectivity index (χ0n) is 15.0. The van der Waals surface area contributed by atoms with Gasteiger partial charge in [0.2, 0.25) is 5.91 Å². The van der Waals surface area contributed by atoms with Gasteiger partial charge in [0.05, 0.1) is 18.6 Å². The number of thioether (sulfide) groups is 1. The first kappa shape index (κ1) is 18.7. The summed E-state index contributed by atoms with van der Waals surface area (Å²) in [5, 5.41) is 3.30. The second-order valence-corrected chi connectivity index (χ2v) is 6.70. The summed E-state index contributed by atoms with van der Waals surface area (Å²) < 4.78 is 6.66. The second-order valence-electron chi connectivity index (χ2n) is 5.76. The fourth-order valence-electron chi connectivity index (χ4n) is 2.51. The van der Waals surface area contributed by atoms with Crippen LogP contribution in [0.25, 0.3) is 5.69 Å². The van der Waals surface area contributed by atoms with Crippen molar-refractivity contribution in [2.24, 2.45) is 0 Å². The molecule has 0 saturated carbocycles. The first-order valence-electron chi connectivity index (χ1n) is 8.29. The highest BCUT2D eigenvalue weighted by Gasteiger charge is 2.12. The van der Waals surface area contributed by atoms with E-state index in [0.717, 1.165) is 0 Å². The Kier molecular flexibility index (Phi) is 5.93. The van der Waals surface area contributed by atoms with Crippen molar-refractivity contribution >= 4 is 23.4 Å². The van der Waals surface area contributed by atoms with Crippen molar-refractivity contribution in [2.75, 3.05) is 18.2 Å². The van der Waals surface area contributed by atoms with E-state index in [9.17, 15) is 9.59 Å². The predicted octanol–water partition coefficient (Wildman–Crippen LogP) is 3.28. The molecule has 3 aromatic rings. The Hall–Kier alpha value is -3.06. The fraction of sp³-hybridized carbons (Fsp3) is 0.150. The number of aryl methyl sites for hydroxylation is 1. The Bertz CT molecular complexity index is 1000. The topological polar surface area (TPSA) is 73.2 Å². The van der Waals surface area contributed by atoms with Gasteiger partial charge in [-0.05, 0) is 31.2 Å². The van der Waals surface area contributed by atoms with Crippen LogP contribution in [0, 0.1) is 6.92 Å². The lowest BCUT2D eigenvalue weighted by molar-refractivity contribution is -0.113. The first-order valence-corrected chi connectivity index (χ1v) is 9.28. The van der Waals surface area contributed by atoms with E-state index < -0.39 is 0 Å². The number of rotatable bonds is 6. The number of carbonyl (C=O) groups excluding carboxylic acids is 1. The molecule has 138 valence electrons. The first-order chi connectivity index (χ1) is 13.1. The lowest BCUT2D eigenvalue weighted by Gasteiger charge is -2.12. The van der Waals surface area contributed by atoms with Crippen LogP contribution < -0.4 is 15.6 Å². The molecule has 0 radical (unpaired) electrons. The Balaban J connectivity index is 1.77. The van der Waals surface area contributed by atoms with Crippen molar-refractivity contribution in [1.82, 2.24) is 9.55 Å². The molecule has 3 rings (SSSR count). The fourth-order valence-corrected chi connectivity index (χ4v) is 3.38. The summed E-state index contributed by atoms with van der Waals surface area (Å²) in [6.07, 6.45) is 0. The molecule has 0 spiro atoms. The lowest BCUT2D eigenvalue weighted by atomic mass is 10.3. The van der Waals surface area contributed by atoms with E-state index in [-0.39, 0.29) is 17.2 Å². The molecule has 0 unspecified atom stereocenters. The van der Waals surface area contributed by atoms with Gasteiger partial charge in [-0.2, -0.15) is 0 Å². The minimum absolute atomic E-state index is 0.125.